The van der Waals surface area contributed by atoms with Gasteiger partial charge >= 0.3 is 0 Å². The third kappa shape index (κ3) is 4.02. The number of alkyl halides is 1. The summed E-state index contributed by atoms with van der Waals surface area (Å²) in [4.78, 5) is 2.09. The molecule has 1 aliphatic rings. The zero-order valence-corrected chi connectivity index (χ0v) is 8.35. The van der Waals surface area contributed by atoms with Crippen molar-refractivity contribution in [3.05, 3.63) is 0 Å². The van der Waals surface area contributed by atoms with Gasteiger partial charge in [-0.25, -0.2) is 4.39 Å². The van der Waals surface area contributed by atoms with Crippen molar-refractivity contribution in [2.24, 2.45) is 0 Å². The fourth-order valence-electron chi connectivity index (χ4n) is 1.31. The van der Waals surface area contributed by atoms with Crippen LogP contribution in [0.1, 0.15) is 20.3 Å². The summed E-state index contributed by atoms with van der Waals surface area (Å²) < 4.78 is 16.9. The molecule has 0 N–H and O–H groups in total. The molecule has 0 bridgehead atoms. The Morgan fingerprint density at radius 1 is 1.50 bits per heavy atom. The van der Waals surface area contributed by atoms with Gasteiger partial charge in [0.05, 0.1) is 6.10 Å². The Morgan fingerprint density at radius 2 is 2.17 bits per heavy atom. The number of ether oxygens (including phenoxy) is 1. The largest absolute Gasteiger partial charge is 0.380 e. The van der Waals surface area contributed by atoms with E-state index >= 15 is 0 Å². The van der Waals surface area contributed by atoms with Gasteiger partial charge in [0.25, 0.3) is 0 Å². The van der Waals surface area contributed by atoms with Gasteiger partial charge in [-0.15, -0.1) is 0 Å². The molecule has 0 aromatic heterocycles. The highest BCUT2D eigenvalue weighted by atomic mass is 19.1. The van der Waals surface area contributed by atoms with Gasteiger partial charge < -0.3 is 4.74 Å². The predicted octanol–water partition coefficient (Wildman–Crippen LogP) is 1.70. The molecule has 0 aromatic carbocycles. The van der Waals surface area contributed by atoms with E-state index in [9.17, 15) is 4.39 Å². The van der Waals surface area contributed by atoms with Crippen molar-refractivity contribution in [3.8, 4) is 0 Å². The molecule has 0 amide bonds. The number of methoxy groups -OCH3 is 1. The van der Waals surface area contributed by atoms with Crippen LogP contribution in [-0.2, 0) is 4.74 Å². The molecule has 1 atom stereocenters. The van der Waals surface area contributed by atoms with E-state index in [0.717, 1.165) is 19.5 Å². The predicted molar refractivity (Wildman–Crippen MR) is 49.2 cm³/mol. The molecule has 1 unspecified atom stereocenters. The normalized spacial score (nSPS) is 23.5. The maximum absolute atomic E-state index is 11.8. The second-order valence-electron chi connectivity index (χ2n) is 2.64. The van der Waals surface area contributed by atoms with Crippen LogP contribution < -0.4 is 0 Å². The van der Waals surface area contributed by atoms with Gasteiger partial charge in [0, 0.05) is 26.7 Å². The van der Waals surface area contributed by atoms with Crippen LogP contribution in [0, 0.1) is 0 Å². The van der Waals surface area contributed by atoms with Crippen LogP contribution >= 0.6 is 0 Å². The Labute approximate surface area is 74.7 Å². The summed E-state index contributed by atoms with van der Waals surface area (Å²) >= 11 is 0. The summed E-state index contributed by atoms with van der Waals surface area (Å²) in [6.07, 6.45) is 1.39. The second-order valence-corrected chi connectivity index (χ2v) is 2.64. The monoisotopic (exact) mass is 177 g/mol. The van der Waals surface area contributed by atoms with E-state index in [4.69, 9.17) is 4.74 Å². The van der Waals surface area contributed by atoms with E-state index in [1.807, 2.05) is 13.8 Å². The van der Waals surface area contributed by atoms with E-state index in [2.05, 4.69) is 4.90 Å². The first-order valence-corrected chi connectivity index (χ1v) is 4.68. The number of hydrogen-bond donors (Lipinski definition) is 0. The second kappa shape index (κ2) is 7.50. The van der Waals surface area contributed by atoms with Gasteiger partial charge in [-0.3, -0.25) is 4.90 Å². The topological polar surface area (TPSA) is 12.5 Å². The quantitative estimate of drug-likeness (QED) is 0.650. The van der Waals surface area contributed by atoms with Gasteiger partial charge in [0.1, 0.15) is 6.67 Å². The molecule has 12 heavy (non-hydrogen) atoms. The number of rotatable bonds is 3. The molecule has 0 spiro atoms. The molecular weight excluding hydrogens is 157 g/mol. The van der Waals surface area contributed by atoms with E-state index in [-0.39, 0.29) is 6.67 Å². The van der Waals surface area contributed by atoms with Crippen LogP contribution in [0.3, 0.4) is 0 Å². The lowest BCUT2D eigenvalue weighted by molar-refractivity contribution is 0.107. The van der Waals surface area contributed by atoms with Crippen LogP contribution in [0.25, 0.3) is 0 Å². The Morgan fingerprint density at radius 3 is 2.58 bits per heavy atom. The molecule has 1 rings (SSSR count). The van der Waals surface area contributed by atoms with Crippen molar-refractivity contribution >= 4 is 0 Å². The van der Waals surface area contributed by atoms with Crippen LogP contribution in [-0.4, -0.2) is 44.4 Å². The first-order valence-electron chi connectivity index (χ1n) is 4.68. The van der Waals surface area contributed by atoms with Gasteiger partial charge in [-0.2, -0.15) is 0 Å². The number of nitrogens with zero attached hydrogens (tertiary/aromatic N) is 1. The minimum atomic E-state index is -0.240. The summed E-state index contributed by atoms with van der Waals surface area (Å²) in [7, 11) is 1.71. The minimum absolute atomic E-state index is 0.240. The molecule has 1 fully saturated rings. The van der Waals surface area contributed by atoms with E-state index in [0.29, 0.717) is 12.6 Å². The van der Waals surface area contributed by atoms with Crippen LogP contribution in [0.5, 0.6) is 0 Å². The molecule has 0 aliphatic carbocycles. The average Bonchev–Trinajstić information content (AvgIpc) is 2.57. The van der Waals surface area contributed by atoms with Crippen LogP contribution in [0.4, 0.5) is 4.39 Å². The summed E-state index contributed by atoms with van der Waals surface area (Å²) in [6.45, 7) is 6.22. The molecule has 0 saturated carbocycles. The summed E-state index contributed by atoms with van der Waals surface area (Å²) in [5.74, 6) is 0. The summed E-state index contributed by atoms with van der Waals surface area (Å²) in [5, 5.41) is 0. The lowest BCUT2D eigenvalue weighted by Crippen LogP contribution is -2.24. The van der Waals surface area contributed by atoms with Crippen LogP contribution in [0.15, 0.2) is 0 Å². The third-order valence-corrected chi connectivity index (χ3v) is 1.96. The van der Waals surface area contributed by atoms with Gasteiger partial charge in [0.2, 0.25) is 0 Å². The number of hydrogen-bond acceptors (Lipinski definition) is 2. The smallest absolute Gasteiger partial charge is 0.102 e. The van der Waals surface area contributed by atoms with Gasteiger partial charge in [-0.05, 0) is 6.42 Å². The molecular formula is C9H20FNO. The van der Waals surface area contributed by atoms with Crippen molar-refractivity contribution in [2.75, 3.05) is 33.4 Å². The molecule has 1 aliphatic heterocycles. The SMILES string of the molecule is CC.COC1CCN(CCF)C1. The molecule has 2 nitrogen and oxygen atoms in total. The Kier molecular flexibility index (Phi) is 7.40. The number of likely N-dealkylation sites (tertiary alicyclic amines) is 1. The fraction of sp³-hybridized carbons (Fsp3) is 1.00. The van der Waals surface area contributed by atoms with Crippen molar-refractivity contribution in [2.45, 2.75) is 26.4 Å². The average molecular weight is 177 g/mol. The standard InChI is InChI=1S/C7H14FNO.C2H6/c1-10-7-2-4-9(6-7)5-3-8;1-2/h7H,2-6H2,1H3;1-2H3. The van der Waals surface area contributed by atoms with Crippen LogP contribution in [0.2, 0.25) is 0 Å². The molecule has 0 radical (unpaired) electrons. The highest BCUT2D eigenvalue weighted by Gasteiger charge is 2.20. The molecule has 0 aromatic rings. The first-order chi connectivity index (χ1) is 5.86. The number of halogens is 1. The molecule has 1 saturated heterocycles. The first kappa shape index (κ1) is 11.8. The van der Waals surface area contributed by atoms with Gasteiger partial charge in [-0.1, -0.05) is 13.8 Å². The van der Waals surface area contributed by atoms with Crippen molar-refractivity contribution < 1.29 is 9.13 Å². The van der Waals surface area contributed by atoms with Gasteiger partial charge in [0.15, 0.2) is 0 Å². The maximum atomic E-state index is 11.8. The maximum Gasteiger partial charge on any atom is 0.102 e. The minimum Gasteiger partial charge on any atom is -0.380 e. The third-order valence-electron chi connectivity index (χ3n) is 1.96. The Bertz CT molecular complexity index is 101. The highest BCUT2D eigenvalue weighted by Crippen LogP contribution is 2.10. The Balaban J connectivity index is 0.000000561. The molecule has 74 valence electrons. The zero-order valence-electron chi connectivity index (χ0n) is 8.35. The fourth-order valence-corrected chi connectivity index (χ4v) is 1.31. The lowest BCUT2D eigenvalue weighted by Gasteiger charge is -2.12. The molecule has 3 heteroatoms. The lowest BCUT2D eigenvalue weighted by atomic mass is 10.3. The zero-order chi connectivity index (χ0) is 9.40. The van der Waals surface area contributed by atoms with E-state index < -0.39 is 0 Å². The van der Waals surface area contributed by atoms with Crippen molar-refractivity contribution in [3.63, 3.8) is 0 Å². The molecule has 1 heterocycles. The summed E-state index contributed by atoms with van der Waals surface area (Å²) in [6, 6.07) is 0. The van der Waals surface area contributed by atoms with E-state index in [1.165, 1.54) is 0 Å². The van der Waals surface area contributed by atoms with Crippen molar-refractivity contribution in [1.82, 2.24) is 4.90 Å². The Hall–Kier alpha value is -0.150. The highest BCUT2D eigenvalue weighted by molar-refractivity contribution is 4.74. The van der Waals surface area contributed by atoms with Crippen molar-refractivity contribution in [1.29, 1.82) is 0 Å². The van der Waals surface area contributed by atoms with E-state index in [1.54, 1.807) is 7.11 Å². The summed E-state index contributed by atoms with van der Waals surface area (Å²) in [5.41, 5.74) is 0.